The number of aromatic hydroxyl groups is 1. The molecular formula is C28H20BrN3O6S2. The van der Waals surface area contributed by atoms with E-state index in [0.29, 0.717) is 37.1 Å². The minimum Gasteiger partial charge on any atom is -0.508 e. The van der Waals surface area contributed by atoms with Gasteiger partial charge in [0.05, 0.1) is 16.6 Å². The third kappa shape index (κ3) is 4.82. The lowest BCUT2D eigenvalue weighted by atomic mass is 9.82. The number of benzene rings is 3. The van der Waals surface area contributed by atoms with E-state index < -0.39 is 23.0 Å². The lowest BCUT2D eigenvalue weighted by Gasteiger charge is -2.31. The Labute approximate surface area is 244 Å². The predicted octanol–water partition coefficient (Wildman–Crippen LogP) is 4.72. The molecule has 3 N–H and O–H groups in total. The molecule has 3 aromatic carbocycles. The van der Waals surface area contributed by atoms with Gasteiger partial charge in [0.15, 0.2) is 6.61 Å². The molecule has 0 aliphatic carbocycles. The summed E-state index contributed by atoms with van der Waals surface area (Å²) in [6, 6.07) is 20.0. The van der Waals surface area contributed by atoms with Crippen molar-refractivity contribution in [2.75, 3.05) is 16.8 Å². The standard InChI is InChI=1S/C28H20BrN3O6S2/c29-14-6-11-19(38-13-20(34)30-15-7-9-17(33)10-8-15)18(12-14)21-22-24(39-25-23(21)40-28(37)31-25)27(36)32(26(22)35)16-4-2-1-3-5-16/h1-12,21-22,24,33H,13H2,(H,30,34)(H,31,37)/t21-,22?,24?/m1/s1. The van der Waals surface area contributed by atoms with E-state index in [1.54, 1.807) is 54.6 Å². The molecule has 2 aliphatic heterocycles. The molecule has 0 saturated carbocycles. The molecule has 2 unspecified atom stereocenters. The number of para-hydroxylation sites is 1. The van der Waals surface area contributed by atoms with Gasteiger partial charge in [-0.05, 0) is 54.6 Å². The first kappa shape index (κ1) is 26.4. The number of thioether (sulfide) groups is 1. The highest BCUT2D eigenvalue weighted by molar-refractivity contribution is 9.10. The van der Waals surface area contributed by atoms with Crippen molar-refractivity contribution in [2.45, 2.75) is 16.2 Å². The Balaban J connectivity index is 1.36. The summed E-state index contributed by atoms with van der Waals surface area (Å²) in [5.41, 5.74) is 1.56. The number of ether oxygens (including phenoxy) is 1. The molecular weight excluding hydrogens is 618 g/mol. The van der Waals surface area contributed by atoms with Crippen molar-refractivity contribution < 1.29 is 24.2 Å². The molecule has 9 nitrogen and oxygen atoms in total. The Kier molecular flexibility index (Phi) is 6.99. The minimum atomic E-state index is -0.792. The lowest BCUT2D eigenvalue weighted by Crippen LogP contribution is -2.32. The number of thiazole rings is 1. The van der Waals surface area contributed by atoms with Crippen molar-refractivity contribution in [2.24, 2.45) is 5.92 Å². The number of amides is 3. The van der Waals surface area contributed by atoms with Crippen LogP contribution in [0.2, 0.25) is 0 Å². The maximum absolute atomic E-state index is 13.9. The first-order valence-corrected chi connectivity index (χ1v) is 14.6. The summed E-state index contributed by atoms with van der Waals surface area (Å²) < 4.78 is 6.67. The number of hydrogen-bond donors (Lipinski definition) is 3. The SMILES string of the molecule is O=C(COc1ccc(Br)cc1[C@H]1c2sc(=O)[nH]c2SC2C(=O)N(c3ccccc3)C(=O)C21)Nc1ccc(O)cc1. The fourth-order valence-corrected chi connectivity index (χ4v) is 7.85. The summed E-state index contributed by atoms with van der Waals surface area (Å²) in [4.78, 5) is 57.0. The van der Waals surface area contributed by atoms with Crippen LogP contribution >= 0.6 is 39.0 Å². The second-order valence-corrected chi connectivity index (χ2v) is 12.2. The average molecular weight is 639 g/mol. The zero-order valence-electron chi connectivity index (χ0n) is 20.5. The van der Waals surface area contributed by atoms with Crippen LogP contribution in [-0.4, -0.2) is 39.7 Å². The smallest absolute Gasteiger partial charge is 0.305 e. The van der Waals surface area contributed by atoms with Crippen LogP contribution in [0.4, 0.5) is 11.4 Å². The average Bonchev–Trinajstić information content (AvgIpc) is 3.43. The quantitative estimate of drug-likeness (QED) is 0.206. The number of carbonyl (C=O) groups excluding carboxylic acids is 3. The first-order valence-electron chi connectivity index (χ1n) is 12.1. The molecule has 3 atom stereocenters. The summed E-state index contributed by atoms with van der Waals surface area (Å²) in [5, 5.41) is 12.0. The first-order chi connectivity index (χ1) is 19.3. The molecule has 6 rings (SSSR count). The fraction of sp³-hybridized carbons (Fsp3) is 0.143. The Hall–Kier alpha value is -3.87. The van der Waals surface area contributed by atoms with E-state index in [9.17, 15) is 24.3 Å². The summed E-state index contributed by atoms with van der Waals surface area (Å²) in [6.07, 6.45) is 0. The van der Waals surface area contributed by atoms with E-state index in [0.717, 1.165) is 11.3 Å². The number of aromatic amines is 1. The molecule has 0 spiro atoms. The van der Waals surface area contributed by atoms with Crippen molar-refractivity contribution in [1.29, 1.82) is 0 Å². The number of phenols is 1. The molecule has 202 valence electrons. The Bertz CT molecular complexity index is 1690. The third-order valence-electron chi connectivity index (χ3n) is 6.66. The molecule has 1 aromatic heterocycles. The monoisotopic (exact) mass is 637 g/mol. The molecule has 0 bridgehead atoms. The van der Waals surface area contributed by atoms with Crippen LogP contribution in [0.15, 0.2) is 87.1 Å². The largest absolute Gasteiger partial charge is 0.508 e. The maximum Gasteiger partial charge on any atom is 0.305 e. The summed E-state index contributed by atoms with van der Waals surface area (Å²) >= 11 is 5.69. The number of nitrogens with zero attached hydrogens (tertiary/aromatic N) is 1. The van der Waals surface area contributed by atoms with Gasteiger partial charge in [0.25, 0.3) is 5.91 Å². The normalized spacial score (nSPS) is 19.7. The number of nitrogens with one attached hydrogen (secondary N) is 2. The zero-order valence-corrected chi connectivity index (χ0v) is 23.7. The number of anilines is 2. The molecule has 12 heteroatoms. The van der Waals surface area contributed by atoms with Crippen molar-refractivity contribution >= 4 is 68.1 Å². The maximum atomic E-state index is 13.9. The lowest BCUT2D eigenvalue weighted by molar-refractivity contribution is -0.122. The number of fused-ring (bicyclic) bond motifs is 2. The number of rotatable bonds is 6. The van der Waals surface area contributed by atoms with E-state index in [4.69, 9.17) is 4.74 Å². The highest BCUT2D eigenvalue weighted by Gasteiger charge is 2.56. The number of hydrogen-bond acceptors (Lipinski definition) is 8. The minimum absolute atomic E-state index is 0.0786. The van der Waals surface area contributed by atoms with Crippen molar-refractivity contribution in [3.8, 4) is 11.5 Å². The van der Waals surface area contributed by atoms with Gasteiger partial charge in [0.2, 0.25) is 11.8 Å². The number of halogens is 1. The predicted molar refractivity (Wildman–Crippen MR) is 155 cm³/mol. The van der Waals surface area contributed by atoms with Gasteiger partial charge in [0.1, 0.15) is 16.7 Å². The van der Waals surface area contributed by atoms with E-state index >= 15 is 0 Å². The summed E-state index contributed by atoms with van der Waals surface area (Å²) in [5.74, 6) is -2.16. The van der Waals surface area contributed by atoms with Crippen LogP contribution in [-0.2, 0) is 14.4 Å². The number of phenolic OH excluding ortho intramolecular Hbond substituents is 1. The van der Waals surface area contributed by atoms with Gasteiger partial charge in [-0.25, -0.2) is 4.90 Å². The molecule has 1 saturated heterocycles. The summed E-state index contributed by atoms with van der Waals surface area (Å²) in [6.45, 7) is -0.329. The van der Waals surface area contributed by atoms with Crippen LogP contribution < -0.4 is 19.8 Å². The second kappa shape index (κ2) is 10.6. The van der Waals surface area contributed by atoms with Crippen LogP contribution in [0.3, 0.4) is 0 Å². The summed E-state index contributed by atoms with van der Waals surface area (Å²) in [7, 11) is 0. The van der Waals surface area contributed by atoms with Gasteiger partial charge in [-0.1, -0.05) is 57.2 Å². The van der Waals surface area contributed by atoms with Crippen molar-refractivity contribution in [3.63, 3.8) is 0 Å². The number of H-pyrrole nitrogens is 1. The Morgan fingerprint density at radius 2 is 1.77 bits per heavy atom. The topological polar surface area (TPSA) is 129 Å². The number of carbonyl (C=O) groups is 3. The van der Waals surface area contributed by atoms with Gasteiger partial charge in [-0.15, -0.1) is 0 Å². The molecule has 40 heavy (non-hydrogen) atoms. The van der Waals surface area contributed by atoms with Crippen LogP contribution in [0.5, 0.6) is 11.5 Å². The van der Waals surface area contributed by atoms with E-state index in [-0.39, 0.29) is 29.0 Å². The van der Waals surface area contributed by atoms with Crippen molar-refractivity contribution in [3.05, 3.63) is 97.4 Å². The van der Waals surface area contributed by atoms with Gasteiger partial charge in [-0.3, -0.25) is 19.2 Å². The van der Waals surface area contributed by atoms with Crippen LogP contribution in [0.25, 0.3) is 0 Å². The highest BCUT2D eigenvalue weighted by Crippen LogP contribution is 2.54. The number of imide groups is 1. The van der Waals surface area contributed by atoms with E-state index in [2.05, 4.69) is 26.2 Å². The fourth-order valence-electron chi connectivity index (χ4n) is 4.96. The van der Waals surface area contributed by atoms with Gasteiger partial charge in [0, 0.05) is 26.5 Å². The van der Waals surface area contributed by atoms with E-state index in [1.807, 2.05) is 6.07 Å². The zero-order chi connectivity index (χ0) is 28.0. The molecule has 2 aliphatic rings. The number of aromatic nitrogens is 1. The molecule has 3 amide bonds. The Morgan fingerprint density at radius 3 is 2.52 bits per heavy atom. The van der Waals surface area contributed by atoms with E-state index in [1.165, 1.54) is 28.8 Å². The van der Waals surface area contributed by atoms with Crippen molar-refractivity contribution in [1.82, 2.24) is 4.98 Å². The highest BCUT2D eigenvalue weighted by atomic mass is 79.9. The van der Waals surface area contributed by atoms with Crippen LogP contribution in [0.1, 0.15) is 16.4 Å². The molecule has 4 aromatic rings. The Morgan fingerprint density at radius 1 is 1.02 bits per heavy atom. The second-order valence-electron chi connectivity index (χ2n) is 9.16. The van der Waals surface area contributed by atoms with Gasteiger partial charge >= 0.3 is 4.87 Å². The van der Waals surface area contributed by atoms with Gasteiger partial charge < -0.3 is 20.1 Å². The molecule has 1 fully saturated rings. The van der Waals surface area contributed by atoms with Crippen LogP contribution in [0, 0.1) is 5.92 Å². The molecule has 3 heterocycles. The third-order valence-corrected chi connectivity index (χ3v) is 9.55. The van der Waals surface area contributed by atoms with Gasteiger partial charge in [-0.2, -0.15) is 0 Å². The molecule has 0 radical (unpaired) electrons.